The molecule has 2 heterocycles. The summed E-state index contributed by atoms with van der Waals surface area (Å²) in [5.41, 5.74) is 8.56. The van der Waals surface area contributed by atoms with Gasteiger partial charge in [-0.2, -0.15) is 0 Å². The van der Waals surface area contributed by atoms with E-state index in [9.17, 15) is 0 Å². The molecule has 0 spiro atoms. The Balaban J connectivity index is 2.07. The average molecular weight is 394 g/mol. The number of nitrogens with zero attached hydrogens (tertiary/aromatic N) is 3. The lowest BCUT2D eigenvalue weighted by molar-refractivity contribution is 0.575. The van der Waals surface area contributed by atoms with E-state index in [0.717, 1.165) is 16.8 Å². The highest BCUT2D eigenvalue weighted by molar-refractivity contribution is 9.10. The molecule has 1 aromatic carbocycles. The highest BCUT2D eigenvalue weighted by atomic mass is 79.9. The van der Waals surface area contributed by atoms with Crippen LogP contribution in [0.3, 0.4) is 0 Å². The van der Waals surface area contributed by atoms with Gasteiger partial charge in [0.25, 0.3) is 0 Å². The predicted octanol–water partition coefficient (Wildman–Crippen LogP) is 3.97. The van der Waals surface area contributed by atoms with Gasteiger partial charge in [-0.3, -0.25) is 4.99 Å². The Kier molecular flexibility index (Phi) is 4.19. The van der Waals surface area contributed by atoms with E-state index in [1.807, 2.05) is 30.3 Å². The molecule has 2 aliphatic rings. The number of alkyl halides is 1. The van der Waals surface area contributed by atoms with Crippen LogP contribution in [0.1, 0.15) is 26.3 Å². The lowest BCUT2D eigenvalue weighted by Gasteiger charge is -2.29. The minimum absolute atomic E-state index is 0.0752. The smallest absolute Gasteiger partial charge is 0.170 e. The van der Waals surface area contributed by atoms with E-state index >= 15 is 0 Å². The van der Waals surface area contributed by atoms with E-state index in [-0.39, 0.29) is 16.4 Å². The van der Waals surface area contributed by atoms with Crippen molar-refractivity contribution < 1.29 is 0 Å². The number of benzene rings is 1. The number of halogens is 2. The third-order valence-electron chi connectivity index (χ3n) is 3.71. The van der Waals surface area contributed by atoms with Gasteiger partial charge in [0.1, 0.15) is 11.7 Å². The maximum atomic E-state index is 6.32. The van der Waals surface area contributed by atoms with E-state index in [4.69, 9.17) is 27.3 Å². The lowest BCUT2D eigenvalue weighted by Crippen LogP contribution is -2.37. The molecule has 120 valence electrons. The van der Waals surface area contributed by atoms with Crippen LogP contribution >= 0.6 is 27.5 Å². The molecule has 3 rings (SSSR count). The molecular formula is C17H18BrClN4. The molecule has 2 N–H and O–H groups in total. The summed E-state index contributed by atoms with van der Waals surface area (Å²) in [5, 5.41) is 0.671. The van der Waals surface area contributed by atoms with Crippen LogP contribution in [-0.4, -0.2) is 28.4 Å². The molecule has 0 saturated carbocycles. The maximum absolute atomic E-state index is 6.32. The van der Waals surface area contributed by atoms with Crippen molar-refractivity contribution in [1.82, 2.24) is 0 Å². The molecule has 1 aromatic rings. The highest BCUT2D eigenvalue weighted by Crippen LogP contribution is 2.31. The summed E-state index contributed by atoms with van der Waals surface area (Å²) >= 11 is 9.97. The van der Waals surface area contributed by atoms with Crippen LogP contribution in [0, 0.1) is 5.41 Å². The van der Waals surface area contributed by atoms with Crippen LogP contribution in [-0.2, 0) is 0 Å². The van der Waals surface area contributed by atoms with Crippen molar-refractivity contribution in [3.8, 4) is 0 Å². The third-order valence-corrected chi connectivity index (χ3v) is 4.74. The van der Waals surface area contributed by atoms with Gasteiger partial charge in [0.2, 0.25) is 0 Å². The second-order valence-electron chi connectivity index (χ2n) is 6.59. The molecule has 0 radical (unpaired) electrons. The van der Waals surface area contributed by atoms with Crippen molar-refractivity contribution in [2.24, 2.45) is 26.1 Å². The van der Waals surface area contributed by atoms with Crippen molar-refractivity contribution in [2.45, 2.75) is 31.8 Å². The van der Waals surface area contributed by atoms with Crippen LogP contribution in [0.2, 0.25) is 5.02 Å². The fourth-order valence-corrected chi connectivity index (χ4v) is 3.37. The molecule has 2 aliphatic heterocycles. The Hall–Kier alpha value is -1.46. The summed E-state index contributed by atoms with van der Waals surface area (Å²) in [5.74, 6) is 1.20. The number of dihydropyridines is 1. The molecule has 0 amide bonds. The van der Waals surface area contributed by atoms with Crippen molar-refractivity contribution in [3.63, 3.8) is 0 Å². The van der Waals surface area contributed by atoms with E-state index in [1.54, 1.807) is 0 Å². The third kappa shape index (κ3) is 3.12. The normalized spacial score (nSPS) is 24.2. The molecule has 23 heavy (non-hydrogen) atoms. The van der Waals surface area contributed by atoms with Gasteiger partial charge in [-0.25, -0.2) is 9.98 Å². The molecule has 6 heteroatoms. The van der Waals surface area contributed by atoms with Gasteiger partial charge in [-0.15, -0.1) is 0 Å². The van der Waals surface area contributed by atoms with Crippen molar-refractivity contribution in [2.75, 3.05) is 0 Å². The van der Waals surface area contributed by atoms with Gasteiger partial charge in [0.15, 0.2) is 6.17 Å². The Morgan fingerprint density at radius 1 is 1.17 bits per heavy atom. The fourth-order valence-electron chi connectivity index (χ4n) is 2.48. The van der Waals surface area contributed by atoms with Gasteiger partial charge in [-0.1, -0.05) is 72.6 Å². The van der Waals surface area contributed by atoms with E-state index in [0.29, 0.717) is 16.7 Å². The largest absolute Gasteiger partial charge is 0.383 e. The molecule has 0 aromatic heterocycles. The summed E-state index contributed by atoms with van der Waals surface area (Å²) in [6, 6.07) is 7.67. The number of amidine groups is 2. The van der Waals surface area contributed by atoms with Crippen LogP contribution in [0.5, 0.6) is 0 Å². The maximum Gasteiger partial charge on any atom is 0.170 e. The Morgan fingerprint density at radius 3 is 2.52 bits per heavy atom. The summed E-state index contributed by atoms with van der Waals surface area (Å²) < 4.78 is 0. The first kappa shape index (κ1) is 16.4. The van der Waals surface area contributed by atoms with Gasteiger partial charge >= 0.3 is 0 Å². The minimum Gasteiger partial charge on any atom is -0.383 e. The van der Waals surface area contributed by atoms with Gasteiger partial charge in [0, 0.05) is 21.6 Å². The van der Waals surface area contributed by atoms with Crippen molar-refractivity contribution >= 4 is 44.9 Å². The number of hydrogen-bond donors (Lipinski definition) is 1. The van der Waals surface area contributed by atoms with Gasteiger partial charge in [0.05, 0.1) is 10.5 Å². The van der Waals surface area contributed by atoms with Crippen LogP contribution < -0.4 is 5.73 Å². The zero-order chi connectivity index (χ0) is 16.8. The van der Waals surface area contributed by atoms with E-state index < -0.39 is 0 Å². The Morgan fingerprint density at radius 2 is 1.87 bits per heavy atom. The van der Waals surface area contributed by atoms with Crippen molar-refractivity contribution in [3.05, 3.63) is 46.5 Å². The highest BCUT2D eigenvalue weighted by Gasteiger charge is 2.32. The van der Waals surface area contributed by atoms with Crippen LogP contribution in [0.25, 0.3) is 0 Å². The van der Waals surface area contributed by atoms with Gasteiger partial charge < -0.3 is 5.73 Å². The molecular weight excluding hydrogens is 376 g/mol. The average Bonchev–Trinajstić information content (AvgIpc) is 2.47. The fraction of sp³-hybridized carbons (Fsp3) is 0.353. The Bertz CT molecular complexity index is 771. The zero-order valence-corrected chi connectivity index (χ0v) is 15.6. The van der Waals surface area contributed by atoms with Gasteiger partial charge in [-0.05, 0) is 6.07 Å². The minimum atomic E-state index is -0.359. The first-order valence-electron chi connectivity index (χ1n) is 7.38. The second-order valence-corrected chi connectivity index (χ2v) is 7.99. The molecule has 0 aliphatic carbocycles. The number of fused-ring (bicyclic) bond motifs is 1. The SMILES string of the molecule is CC(C)(C)C1=NC2N=C(c3ccccc3Cl)C(Br)C=C2C(N)=N1. The van der Waals surface area contributed by atoms with E-state index in [1.165, 1.54) is 0 Å². The molecule has 0 bridgehead atoms. The monoisotopic (exact) mass is 392 g/mol. The number of allylic oxidation sites excluding steroid dienone is 1. The summed E-state index contributed by atoms with van der Waals surface area (Å²) in [7, 11) is 0. The van der Waals surface area contributed by atoms with Crippen molar-refractivity contribution in [1.29, 1.82) is 0 Å². The molecule has 2 unspecified atom stereocenters. The number of hydrogen-bond acceptors (Lipinski definition) is 4. The topological polar surface area (TPSA) is 63.1 Å². The molecule has 0 saturated heterocycles. The summed E-state index contributed by atoms with van der Waals surface area (Å²) in [6.45, 7) is 6.18. The van der Waals surface area contributed by atoms with E-state index in [2.05, 4.69) is 41.7 Å². The quantitative estimate of drug-likeness (QED) is 0.721. The standard InChI is InChI=1S/C17H18BrClN4/c1-17(2,3)16-22-14(20)10-8-11(18)13(21-15(10)23-16)9-6-4-5-7-12(9)19/h4-8,11,15H,1-3H3,(H2,20,22,23). The predicted molar refractivity (Wildman–Crippen MR) is 101 cm³/mol. The van der Waals surface area contributed by atoms with Crippen LogP contribution in [0.4, 0.5) is 0 Å². The van der Waals surface area contributed by atoms with Crippen LogP contribution in [0.15, 0.2) is 50.9 Å². The second kappa shape index (κ2) is 5.87. The Labute approximate surface area is 149 Å². The molecule has 4 nitrogen and oxygen atoms in total. The first-order valence-corrected chi connectivity index (χ1v) is 8.68. The number of nitrogens with two attached hydrogens (primary N) is 1. The summed E-state index contributed by atoms with van der Waals surface area (Å²) in [4.78, 5) is 13.9. The zero-order valence-electron chi connectivity index (χ0n) is 13.2. The molecule has 0 fully saturated rings. The number of aliphatic imine (C=N–C) groups is 3. The molecule has 2 atom stereocenters. The first-order chi connectivity index (χ1) is 10.8. The number of rotatable bonds is 1. The lowest BCUT2D eigenvalue weighted by atomic mass is 9.93. The summed E-state index contributed by atoms with van der Waals surface area (Å²) in [6.07, 6.45) is 1.65.